The molecule has 0 amide bonds. The topological polar surface area (TPSA) is 53.6 Å². The van der Waals surface area contributed by atoms with Crippen LogP contribution in [0.15, 0.2) is 29.3 Å². The largest absolute Gasteiger partial charge is 0.370 e. The van der Waals surface area contributed by atoms with Crippen LogP contribution >= 0.6 is 0 Å². The lowest BCUT2D eigenvalue weighted by Crippen LogP contribution is -2.37. The second kappa shape index (κ2) is 6.99. The number of rotatable bonds is 5. The molecule has 2 fully saturated rings. The fourth-order valence-corrected chi connectivity index (χ4v) is 3.14. The lowest BCUT2D eigenvalue weighted by atomic mass is 9.85. The third-order valence-corrected chi connectivity index (χ3v) is 4.80. The highest BCUT2D eigenvalue weighted by atomic mass is 19.1. The molecule has 1 saturated carbocycles. The summed E-state index contributed by atoms with van der Waals surface area (Å²) in [4.78, 5) is 6.55. The van der Waals surface area contributed by atoms with Crippen molar-refractivity contribution in [2.75, 3.05) is 31.1 Å². The minimum Gasteiger partial charge on any atom is -0.370 e. The van der Waals surface area contributed by atoms with Gasteiger partial charge in [0, 0.05) is 26.2 Å². The summed E-state index contributed by atoms with van der Waals surface area (Å²) < 4.78 is 13.8. The van der Waals surface area contributed by atoms with Gasteiger partial charge in [-0.05, 0) is 43.2 Å². The number of nitrogens with two attached hydrogens (primary N) is 1. The van der Waals surface area contributed by atoms with Gasteiger partial charge in [-0.15, -0.1) is 0 Å². The lowest BCUT2D eigenvalue weighted by molar-refractivity contribution is 0.315. The quantitative estimate of drug-likeness (QED) is 0.648. The minimum absolute atomic E-state index is 0.145. The van der Waals surface area contributed by atoms with E-state index in [1.54, 1.807) is 6.07 Å². The summed E-state index contributed by atoms with van der Waals surface area (Å²) in [5, 5.41) is 3.21. The van der Waals surface area contributed by atoms with Crippen LogP contribution in [-0.2, 0) is 0 Å². The van der Waals surface area contributed by atoms with Crippen molar-refractivity contribution in [2.24, 2.45) is 22.6 Å². The Kier molecular flexibility index (Phi) is 4.80. The zero-order chi connectivity index (χ0) is 15.4. The number of anilines is 1. The molecule has 3 N–H and O–H groups in total. The summed E-state index contributed by atoms with van der Waals surface area (Å²) >= 11 is 0. The molecule has 4 nitrogen and oxygen atoms in total. The number of hydrogen-bond acceptors (Lipinski definition) is 2. The van der Waals surface area contributed by atoms with Crippen LogP contribution in [0.2, 0.25) is 0 Å². The highest BCUT2D eigenvalue weighted by Crippen LogP contribution is 2.26. The van der Waals surface area contributed by atoms with Gasteiger partial charge in [0.1, 0.15) is 5.82 Å². The van der Waals surface area contributed by atoms with Gasteiger partial charge >= 0.3 is 0 Å². The summed E-state index contributed by atoms with van der Waals surface area (Å²) in [7, 11) is 0. The first-order chi connectivity index (χ1) is 10.7. The summed E-state index contributed by atoms with van der Waals surface area (Å²) in [6, 6.07) is 6.97. The molecule has 1 aromatic carbocycles. The van der Waals surface area contributed by atoms with Crippen LogP contribution in [0, 0.1) is 17.7 Å². The fourth-order valence-electron chi connectivity index (χ4n) is 3.14. The van der Waals surface area contributed by atoms with Crippen LogP contribution in [0.25, 0.3) is 0 Å². The maximum absolute atomic E-state index is 13.8. The molecule has 120 valence electrons. The molecule has 0 spiro atoms. The summed E-state index contributed by atoms with van der Waals surface area (Å²) in [6.45, 7) is 3.40. The third kappa shape index (κ3) is 3.70. The average molecular weight is 304 g/mol. The van der Waals surface area contributed by atoms with E-state index in [4.69, 9.17) is 5.73 Å². The molecule has 1 aliphatic heterocycles. The molecule has 3 rings (SSSR count). The van der Waals surface area contributed by atoms with E-state index in [1.807, 2.05) is 12.1 Å². The summed E-state index contributed by atoms with van der Waals surface area (Å²) in [5.41, 5.74) is 6.61. The van der Waals surface area contributed by atoms with Crippen LogP contribution < -0.4 is 16.0 Å². The number of hydrogen-bond donors (Lipinski definition) is 2. The number of nitrogens with zero attached hydrogens (tertiary/aromatic N) is 2. The Morgan fingerprint density at radius 3 is 2.82 bits per heavy atom. The number of nitrogens with one attached hydrogen (secondary N) is 1. The smallest absolute Gasteiger partial charge is 0.188 e. The second-order valence-electron chi connectivity index (χ2n) is 6.46. The van der Waals surface area contributed by atoms with Gasteiger partial charge < -0.3 is 16.0 Å². The van der Waals surface area contributed by atoms with E-state index in [0.29, 0.717) is 24.1 Å². The van der Waals surface area contributed by atoms with Gasteiger partial charge in [0.2, 0.25) is 0 Å². The fraction of sp³-hybridized carbons (Fsp3) is 0.588. The number of para-hydroxylation sites is 1. The first kappa shape index (κ1) is 15.1. The van der Waals surface area contributed by atoms with Gasteiger partial charge in [-0.1, -0.05) is 18.6 Å². The highest BCUT2D eigenvalue weighted by molar-refractivity contribution is 5.77. The summed E-state index contributed by atoms with van der Waals surface area (Å²) in [5.74, 6) is 1.63. The van der Waals surface area contributed by atoms with Crippen LogP contribution in [0.5, 0.6) is 0 Å². The van der Waals surface area contributed by atoms with Crippen LogP contribution in [0.4, 0.5) is 10.1 Å². The Bertz CT molecular complexity index is 527. The SMILES string of the molecule is NC(=NCC1CCN(c2ccccc2F)C1)NCC1CCC1. The Labute approximate surface area is 131 Å². The van der Waals surface area contributed by atoms with Gasteiger partial charge in [-0.2, -0.15) is 0 Å². The van der Waals surface area contributed by atoms with Crippen molar-refractivity contribution in [3.8, 4) is 0 Å². The molecule has 1 atom stereocenters. The molecule has 5 heteroatoms. The maximum Gasteiger partial charge on any atom is 0.188 e. The van der Waals surface area contributed by atoms with Gasteiger partial charge in [-0.3, -0.25) is 4.99 Å². The zero-order valence-electron chi connectivity index (χ0n) is 13.0. The van der Waals surface area contributed by atoms with E-state index in [2.05, 4.69) is 15.2 Å². The lowest BCUT2D eigenvalue weighted by Gasteiger charge is -2.25. The van der Waals surface area contributed by atoms with Crippen molar-refractivity contribution in [2.45, 2.75) is 25.7 Å². The van der Waals surface area contributed by atoms with Gasteiger partial charge in [0.15, 0.2) is 5.96 Å². The van der Waals surface area contributed by atoms with Crippen LogP contribution in [0.1, 0.15) is 25.7 Å². The molecule has 1 aliphatic carbocycles. The number of benzene rings is 1. The molecular weight excluding hydrogens is 279 g/mol. The number of guanidine groups is 1. The molecule has 22 heavy (non-hydrogen) atoms. The van der Waals surface area contributed by atoms with Crippen LogP contribution in [-0.4, -0.2) is 32.1 Å². The number of aliphatic imine (C=N–C) groups is 1. The molecule has 2 aliphatic rings. The Hall–Kier alpha value is -1.78. The van der Waals surface area contributed by atoms with Crippen molar-refractivity contribution >= 4 is 11.6 Å². The monoisotopic (exact) mass is 304 g/mol. The molecule has 1 unspecified atom stereocenters. The first-order valence-electron chi connectivity index (χ1n) is 8.25. The maximum atomic E-state index is 13.8. The Morgan fingerprint density at radius 1 is 1.27 bits per heavy atom. The standard InChI is InChI=1S/C17H25FN4/c18-15-6-1-2-7-16(15)22-9-8-14(12-22)11-21-17(19)20-10-13-4-3-5-13/h1-2,6-7,13-14H,3-5,8-12H2,(H3,19,20,21). The molecular formula is C17H25FN4. The highest BCUT2D eigenvalue weighted by Gasteiger charge is 2.24. The second-order valence-corrected chi connectivity index (χ2v) is 6.46. The van der Waals surface area contributed by atoms with Gasteiger partial charge in [-0.25, -0.2) is 4.39 Å². The van der Waals surface area contributed by atoms with Gasteiger partial charge in [0.05, 0.1) is 5.69 Å². The molecule has 1 heterocycles. The third-order valence-electron chi connectivity index (χ3n) is 4.80. The van der Waals surface area contributed by atoms with Crippen molar-refractivity contribution in [1.29, 1.82) is 0 Å². The normalized spacial score (nSPS) is 22.7. The van der Waals surface area contributed by atoms with E-state index in [-0.39, 0.29) is 5.82 Å². The predicted molar refractivity (Wildman–Crippen MR) is 88.6 cm³/mol. The molecule has 0 bridgehead atoms. The molecule has 1 aromatic rings. The van der Waals surface area contributed by atoms with Crippen molar-refractivity contribution in [3.05, 3.63) is 30.1 Å². The predicted octanol–water partition coefficient (Wildman–Crippen LogP) is 2.36. The van der Waals surface area contributed by atoms with E-state index in [0.717, 1.165) is 32.0 Å². The van der Waals surface area contributed by atoms with Crippen LogP contribution in [0.3, 0.4) is 0 Å². The summed E-state index contributed by atoms with van der Waals surface area (Å²) in [6.07, 6.45) is 4.99. The minimum atomic E-state index is -0.145. The number of halogens is 1. The van der Waals surface area contributed by atoms with Crippen molar-refractivity contribution in [1.82, 2.24) is 5.32 Å². The van der Waals surface area contributed by atoms with Crippen molar-refractivity contribution < 1.29 is 4.39 Å². The Balaban J connectivity index is 1.45. The van der Waals surface area contributed by atoms with E-state index < -0.39 is 0 Å². The molecule has 1 saturated heterocycles. The van der Waals surface area contributed by atoms with E-state index in [1.165, 1.54) is 25.3 Å². The molecule has 0 radical (unpaired) electrons. The van der Waals surface area contributed by atoms with Crippen molar-refractivity contribution in [3.63, 3.8) is 0 Å². The van der Waals surface area contributed by atoms with E-state index >= 15 is 0 Å². The van der Waals surface area contributed by atoms with Gasteiger partial charge in [0.25, 0.3) is 0 Å². The Morgan fingerprint density at radius 2 is 2.09 bits per heavy atom. The zero-order valence-corrected chi connectivity index (χ0v) is 13.0. The molecule has 0 aromatic heterocycles. The first-order valence-corrected chi connectivity index (χ1v) is 8.25. The van der Waals surface area contributed by atoms with E-state index in [9.17, 15) is 4.39 Å². The average Bonchev–Trinajstić information content (AvgIpc) is 2.93.